The van der Waals surface area contributed by atoms with Crippen LogP contribution in [0.25, 0.3) is 0 Å². The molecule has 7 heteroatoms. The molecule has 5 nitrogen and oxygen atoms in total. The fraction of sp³-hybridized carbons (Fsp3) is 0.417. The van der Waals surface area contributed by atoms with Gasteiger partial charge in [0.25, 0.3) is 5.91 Å². The van der Waals surface area contributed by atoms with Crippen molar-refractivity contribution in [2.24, 2.45) is 0 Å². The Morgan fingerprint density at radius 1 is 1.13 bits per heavy atom. The van der Waals surface area contributed by atoms with Crippen LogP contribution in [0.2, 0.25) is 5.02 Å². The Labute approximate surface area is 198 Å². The second-order valence-electron chi connectivity index (χ2n) is 7.80. The van der Waals surface area contributed by atoms with Crippen molar-refractivity contribution in [1.29, 1.82) is 0 Å². The van der Waals surface area contributed by atoms with Crippen LogP contribution in [0, 0.1) is 13.8 Å². The average molecular weight is 510 g/mol. The number of hydrogen-bond donors (Lipinski definition) is 1. The predicted octanol–water partition coefficient (Wildman–Crippen LogP) is 5.43. The van der Waals surface area contributed by atoms with Crippen molar-refractivity contribution in [3.63, 3.8) is 0 Å². The maximum absolute atomic E-state index is 13.1. The zero-order valence-electron chi connectivity index (χ0n) is 18.7. The van der Waals surface area contributed by atoms with E-state index in [1.165, 1.54) is 0 Å². The van der Waals surface area contributed by atoms with Gasteiger partial charge in [0.2, 0.25) is 5.91 Å². The van der Waals surface area contributed by atoms with E-state index >= 15 is 0 Å². The fourth-order valence-electron chi connectivity index (χ4n) is 3.05. The Hall–Kier alpha value is -2.05. The van der Waals surface area contributed by atoms with Crippen molar-refractivity contribution in [2.75, 3.05) is 6.61 Å². The number of carbonyl (C=O) groups is 2. The van der Waals surface area contributed by atoms with Gasteiger partial charge in [-0.1, -0.05) is 46.6 Å². The average Bonchev–Trinajstić information content (AvgIpc) is 2.74. The molecule has 0 radical (unpaired) electrons. The minimum absolute atomic E-state index is 0.0346. The molecule has 1 N–H and O–H groups in total. The van der Waals surface area contributed by atoms with Crippen LogP contribution in [0.15, 0.2) is 40.9 Å². The highest BCUT2D eigenvalue weighted by atomic mass is 79.9. The summed E-state index contributed by atoms with van der Waals surface area (Å²) >= 11 is 9.52. The lowest BCUT2D eigenvalue weighted by Gasteiger charge is -2.29. The number of nitrogens with zero attached hydrogens (tertiary/aromatic N) is 1. The fourth-order valence-corrected chi connectivity index (χ4v) is 3.41. The molecule has 0 heterocycles. The van der Waals surface area contributed by atoms with Crippen LogP contribution >= 0.6 is 27.5 Å². The molecular weight excluding hydrogens is 480 g/mol. The Morgan fingerprint density at radius 2 is 1.71 bits per heavy atom. The van der Waals surface area contributed by atoms with Crippen LogP contribution in [0.1, 0.15) is 43.9 Å². The van der Waals surface area contributed by atoms with Gasteiger partial charge < -0.3 is 15.0 Å². The number of halogens is 2. The number of carbonyl (C=O) groups excluding carboxylic acids is 2. The van der Waals surface area contributed by atoms with Gasteiger partial charge in [0.15, 0.2) is 6.61 Å². The normalized spacial score (nSPS) is 12.7. The van der Waals surface area contributed by atoms with Gasteiger partial charge in [0.05, 0.1) is 0 Å². The van der Waals surface area contributed by atoms with E-state index in [0.29, 0.717) is 10.8 Å². The third kappa shape index (κ3) is 7.25. The number of rotatable bonds is 9. The van der Waals surface area contributed by atoms with Crippen LogP contribution in [-0.4, -0.2) is 35.4 Å². The molecule has 0 aliphatic heterocycles. The Kier molecular flexibility index (Phi) is 9.38. The highest BCUT2D eigenvalue weighted by Gasteiger charge is 2.27. The molecule has 31 heavy (non-hydrogen) atoms. The monoisotopic (exact) mass is 508 g/mol. The van der Waals surface area contributed by atoms with Crippen LogP contribution < -0.4 is 10.1 Å². The molecule has 0 aliphatic rings. The standard InChI is InChI=1S/C24H30BrClN2O3/c1-6-17(4)27-24(30)18(5)28(13-19-7-9-20(26)10-8-19)22(29)14-31-21-11-15(2)23(25)16(3)12-21/h7-12,17-18H,6,13-14H2,1-5H3,(H,27,30). The second kappa shape index (κ2) is 11.5. The molecule has 2 rings (SSSR count). The maximum atomic E-state index is 13.1. The maximum Gasteiger partial charge on any atom is 0.261 e. The van der Waals surface area contributed by atoms with E-state index in [1.807, 2.05) is 52.0 Å². The third-order valence-corrected chi connectivity index (χ3v) is 6.71. The van der Waals surface area contributed by atoms with Crippen LogP contribution in [0.5, 0.6) is 5.75 Å². The number of amides is 2. The van der Waals surface area contributed by atoms with E-state index in [2.05, 4.69) is 21.2 Å². The van der Waals surface area contributed by atoms with Gasteiger partial charge in [-0.25, -0.2) is 0 Å². The topological polar surface area (TPSA) is 58.6 Å². The van der Waals surface area contributed by atoms with Crippen LogP contribution in [0.3, 0.4) is 0 Å². The molecule has 2 atom stereocenters. The van der Waals surface area contributed by atoms with Gasteiger partial charge in [0.1, 0.15) is 11.8 Å². The van der Waals surface area contributed by atoms with Gasteiger partial charge in [-0.3, -0.25) is 9.59 Å². The summed E-state index contributed by atoms with van der Waals surface area (Å²) in [6.45, 7) is 9.75. The van der Waals surface area contributed by atoms with E-state index in [0.717, 1.165) is 27.6 Å². The molecule has 2 aromatic carbocycles. The molecule has 168 valence electrons. The molecule has 0 saturated carbocycles. The molecule has 2 unspecified atom stereocenters. The molecule has 0 aliphatic carbocycles. The second-order valence-corrected chi connectivity index (χ2v) is 9.03. The van der Waals surface area contributed by atoms with Crippen LogP contribution in [-0.2, 0) is 16.1 Å². The van der Waals surface area contributed by atoms with Gasteiger partial charge in [-0.2, -0.15) is 0 Å². The zero-order chi connectivity index (χ0) is 23.1. The van der Waals surface area contributed by atoms with Crippen molar-refractivity contribution < 1.29 is 14.3 Å². The first-order chi connectivity index (χ1) is 14.6. The Balaban J connectivity index is 2.18. The zero-order valence-corrected chi connectivity index (χ0v) is 21.0. The van der Waals surface area contributed by atoms with E-state index in [9.17, 15) is 9.59 Å². The lowest BCUT2D eigenvalue weighted by atomic mass is 10.1. The lowest BCUT2D eigenvalue weighted by molar-refractivity contribution is -0.142. The number of nitrogens with one attached hydrogen (secondary N) is 1. The van der Waals surface area contributed by atoms with Gasteiger partial charge >= 0.3 is 0 Å². The molecule has 0 aromatic heterocycles. The lowest BCUT2D eigenvalue weighted by Crippen LogP contribution is -2.50. The summed E-state index contributed by atoms with van der Waals surface area (Å²) in [4.78, 5) is 27.4. The summed E-state index contributed by atoms with van der Waals surface area (Å²) in [5.41, 5.74) is 2.94. The first-order valence-electron chi connectivity index (χ1n) is 10.4. The van der Waals surface area contributed by atoms with Crippen molar-refractivity contribution in [3.8, 4) is 5.75 Å². The summed E-state index contributed by atoms with van der Waals surface area (Å²) in [5, 5.41) is 3.57. The quantitative estimate of drug-likeness (QED) is 0.490. The SMILES string of the molecule is CCC(C)NC(=O)C(C)N(Cc1ccc(Cl)cc1)C(=O)COc1cc(C)c(Br)c(C)c1. The highest BCUT2D eigenvalue weighted by Crippen LogP contribution is 2.26. The molecule has 0 bridgehead atoms. The smallest absolute Gasteiger partial charge is 0.261 e. The molecule has 2 amide bonds. The van der Waals surface area contributed by atoms with Gasteiger partial charge in [0, 0.05) is 22.1 Å². The van der Waals surface area contributed by atoms with E-state index < -0.39 is 6.04 Å². The largest absolute Gasteiger partial charge is 0.484 e. The number of benzene rings is 2. The molecule has 0 spiro atoms. The van der Waals surface area contributed by atoms with Crippen molar-refractivity contribution in [2.45, 2.75) is 59.7 Å². The van der Waals surface area contributed by atoms with E-state index in [4.69, 9.17) is 16.3 Å². The molecular formula is C24H30BrClN2O3. The first-order valence-corrected chi connectivity index (χ1v) is 11.5. The summed E-state index contributed by atoms with van der Waals surface area (Å²) < 4.78 is 6.81. The highest BCUT2D eigenvalue weighted by molar-refractivity contribution is 9.10. The number of hydrogen-bond acceptors (Lipinski definition) is 3. The van der Waals surface area contributed by atoms with Gasteiger partial charge in [-0.15, -0.1) is 0 Å². The minimum Gasteiger partial charge on any atom is -0.484 e. The summed E-state index contributed by atoms with van der Waals surface area (Å²) in [7, 11) is 0. The Morgan fingerprint density at radius 3 is 2.26 bits per heavy atom. The minimum atomic E-state index is -0.644. The van der Waals surface area contributed by atoms with Crippen molar-refractivity contribution in [3.05, 3.63) is 62.6 Å². The first kappa shape index (κ1) is 25.2. The number of ether oxygens (including phenoxy) is 1. The van der Waals surface area contributed by atoms with E-state index in [1.54, 1.807) is 24.0 Å². The molecule has 0 saturated heterocycles. The van der Waals surface area contributed by atoms with E-state index in [-0.39, 0.29) is 31.0 Å². The number of aryl methyl sites for hydroxylation is 2. The summed E-state index contributed by atoms with van der Waals surface area (Å²) in [5.74, 6) is 0.168. The van der Waals surface area contributed by atoms with Crippen LogP contribution in [0.4, 0.5) is 0 Å². The van der Waals surface area contributed by atoms with Gasteiger partial charge in [-0.05, 0) is 75.1 Å². The third-order valence-electron chi connectivity index (χ3n) is 5.21. The summed E-state index contributed by atoms with van der Waals surface area (Å²) in [6.07, 6.45) is 0.814. The molecule has 0 fully saturated rings. The summed E-state index contributed by atoms with van der Waals surface area (Å²) in [6, 6.07) is 10.4. The van der Waals surface area contributed by atoms with Crippen molar-refractivity contribution in [1.82, 2.24) is 10.2 Å². The van der Waals surface area contributed by atoms with Crippen molar-refractivity contribution >= 4 is 39.3 Å². The molecule has 2 aromatic rings. The Bertz CT molecular complexity index is 895. The predicted molar refractivity (Wildman–Crippen MR) is 128 cm³/mol.